The number of benzene rings is 2. The first-order valence-corrected chi connectivity index (χ1v) is 8.16. The van der Waals surface area contributed by atoms with E-state index in [9.17, 15) is 22.8 Å². The quantitative estimate of drug-likeness (QED) is 0.519. The number of fused-ring (bicyclic) bond motifs is 1. The molecule has 2 heterocycles. The predicted octanol–water partition coefficient (Wildman–Crippen LogP) is 4.11. The van der Waals surface area contributed by atoms with Gasteiger partial charge in [0.1, 0.15) is 11.1 Å². The minimum absolute atomic E-state index is 0.0976. The van der Waals surface area contributed by atoms with Crippen LogP contribution >= 0.6 is 0 Å². The van der Waals surface area contributed by atoms with Crippen molar-refractivity contribution in [3.05, 3.63) is 76.1 Å². The average molecular weight is 401 g/mol. The molecule has 2 aromatic carbocycles. The summed E-state index contributed by atoms with van der Waals surface area (Å²) in [5.74, 6) is -0.924. The zero-order valence-electron chi connectivity index (χ0n) is 14.4. The molecule has 0 aliphatic heterocycles. The molecule has 7 nitrogen and oxygen atoms in total. The van der Waals surface area contributed by atoms with Gasteiger partial charge in [0.25, 0.3) is 5.91 Å². The molecule has 146 valence electrons. The van der Waals surface area contributed by atoms with E-state index in [2.05, 4.69) is 15.5 Å². The van der Waals surface area contributed by atoms with Gasteiger partial charge in [0.15, 0.2) is 0 Å². The predicted molar refractivity (Wildman–Crippen MR) is 95.2 cm³/mol. The highest BCUT2D eigenvalue weighted by Crippen LogP contribution is 2.31. The molecule has 0 bridgehead atoms. The maximum atomic E-state index is 12.6. The summed E-state index contributed by atoms with van der Waals surface area (Å²) in [6, 6.07) is 11.8. The average Bonchev–Trinajstić information content (AvgIpc) is 3.15. The Morgan fingerprint density at radius 1 is 0.966 bits per heavy atom. The first-order valence-electron chi connectivity index (χ1n) is 8.16. The Hall–Kier alpha value is -3.95. The second-order valence-corrected chi connectivity index (χ2v) is 5.93. The van der Waals surface area contributed by atoms with E-state index < -0.39 is 23.3 Å². The zero-order valence-corrected chi connectivity index (χ0v) is 14.4. The number of rotatable bonds is 3. The number of anilines is 1. The van der Waals surface area contributed by atoms with E-state index in [4.69, 9.17) is 8.83 Å². The van der Waals surface area contributed by atoms with Crippen molar-refractivity contribution in [2.75, 3.05) is 5.32 Å². The maximum absolute atomic E-state index is 12.6. The second kappa shape index (κ2) is 6.89. The van der Waals surface area contributed by atoms with Gasteiger partial charge >= 0.3 is 17.8 Å². The van der Waals surface area contributed by atoms with Gasteiger partial charge in [-0.05, 0) is 36.4 Å². The van der Waals surface area contributed by atoms with Crippen LogP contribution in [-0.4, -0.2) is 16.1 Å². The van der Waals surface area contributed by atoms with Crippen molar-refractivity contribution in [1.29, 1.82) is 0 Å². The lowest BCUT2D eigenvalue weighted by atomic mass is 10.1. The molecule has 0 unspecified atom stereocenters. The number of hydrogen-bond donors (Lipinski definition) is 1. The molecule has 1 N–H and O–H groups in total. The molecule has 0 aliphatic carbocycles. The van der Waals surface area contributed by atoms with Crippen molar-refractivity contribution in [3.63, 3.8) is 0 Å². The Morgan fingerprint density at radius 2 is 1.69 bits per heavy atom. The molecule has 1 amide bonds. The summed E-state index contributed by atoms with van der Waals surface area (Å²) in [7, 11) is 0. The van der Waals surface area contributed by atoms with Crippen molar-refractivity contribution in [2.24, 2.45) is 0 Å². The van der Waals surface area contributed by atoms with Crippen molar-refractivity contribution in [1.82, 2.24) is 10.2 Å². The van der Waals surface area contributed by atoms with Gasteiger partial charge in [0.2, 0.25) is 5.89 Å². The van der Waals surface area contributed by atoms with Gasteiger partial charge < -0.3 is 8.83 Å². The third kappa shape index (κ3) is 3.72. The summed E-state index contributed by atoms with van der Waals surface area (Å²) < 4.78 is 48.2. The first-order chi connectivity index (χ1) is 13.8. The fourth-order valence-corrected chi connectivity index (χ4v) is 2.58. The zero-order chi connectivity index (χ0) is 20.6. The number of nitrogens with zero attached hydrogens (tertiary/aromatic N) is 2. The molecule has 4 aromatic rings. The highest BCUT2D eigenvalue weighted by molar-refractivity contribution is 6.04. The molecule has 2 aromatic heterocycles. The highest BCUT2D eigenvalue weighted by atomic mass is 19.4. The topological polar surface area (TPSA) is 98.2 Å². The van der Waals surface area contributed by atoms with Crippen molar-refractivity contribution >= 4 is 22.9 Å². The number of carbonyl (C=O) groups is 1. The molecule has 0 fully saturated rings. The largest absolute Gasteiger partial charge is 0.422 e. The van der Waals surface area contributed by atoms with Crippen LogP contribution in [0.25, 0.3) is 22.4 Å². The van der Waals surface area contributed by atoms with E-state index >= 15 is 0 Å². The third-order valence-electron chi connectivity index (χ3n) is 3.99. The fraction of sp³-hybridized carbons (Fsp3) is 0.0526. The van der Waals surface area contributed by atoms with Crippen LogP contribution in [0.5, 0.6) is 0 Å². The number of alkyl halides is 3. The fourth-order valence-electron chi connectivity index (χ4n) is 2.58. The summed E-state index contributed by atoms with van der Waals surface area (Å²) in [6.45, 7) is 0. The molecule has 4 rings (SSSR count). The van der Waals surface area contributed by atoms with Gasteiger partial charge in [-0.1, -0.05) is 23.3 Å². The summed E-state index contributed by atoms with van der Waals surface area (Å²) in [5.41, 5.74) is -1.37. The van der Waals surface area contributed by atoms with Crippen LogP contribution in [0.15, 0.2) is 68.2 Å². The molecule has 0 saturated heterocycles. The van der Waals surface area contributed by atoms with Crippen molar-refractivity contribution < 1.29 is 26.8 Å². The van der Waals surface area contributed by atoms with E-state index in [1.54, 1.807) is 24.3 Å². The molecule has 0 radical (unpaired) electrons. The Kier molecular flexibility index (Phi) is 4.38. The maximum Gasteiger partial charge on any atom is 0.416 e. The van der Waals surface area contributed by atoms with Crippen LogP contribution in [-0.2, 0) is 6.18 Å². The molecule has 0 aliphatic rings. The lowest BCUT2D eigenvalue weighted by molar-refractivity contribution is -0.137. The SMILES string of the molecule is O=C(Nc1nnc(-c2ccc(C(F)(F)F)cc2)o1)c1cc2ccccc2oc1=O. The monoisotopic (exact) mass is 401 g/mol. The number of hydrogen-bond acceptors (Lipinski definition) is 6. The van der Waals surface area contributed by atoms with Crippen LogP contribution in [0.4, 0.5) is 19.2 Å². The molecular formula is C19H10F3N3O4. The second-order valence-electron chi connectivity index (χ2n) is 5.93. The molecule has 29 heavy (non-hydrogen) atoms. The number of nitrogens with one attached hydrogen (secondary N) is 1. The first kappa shape index (κ1) is 18.4. The molecule has 0 atom stereocenters. The molecule has 0 saturated carbocycles. The normalized spacial score (nSPS) is 11.6. The molecular weight excluding hydrogens is 391 g/mol. The van der Waals surface area contributed by atoms with Gasteiger partial charge in [-0.25, -0.2) is 4.79 Å². The minimum Gasteiger partial charge on any atom is -0.422 e. The standard InChI is InChI=1S/C19H10F3N3O4/c20-19(21,22)12-7-5-10(6-8-12)16-24-25-18(29-16)23-15(26)13-9-11-3-1-2-4-14(11)28-17(13)27/h1-9H,(H,23,25,26). The van der Waals surface area contributed by atoms with Crippen molar-refractivity contribution in [3.8, 4) is 11.5 Å². The number of para-hydroxylation sites is 1. The van der Waals surface area contributed by atoms with Crippen LogP contribution in [0.2, 0.25) is 0 Å². The molecule has 10 heteroatoms. The Balaban J connectivity index is 1.56. The van der Waals surface area contributed by atoms with Crippen molar-refractivity contribution in [2.45, 2.75) is 6.18 Å². The minimum atomic E-state index is -4.46. The number of carbonyl (C=O) groups excluding carboxylic acids is 1. The number of halogens is 3. The number of aromatic nitrogens is 2. The van der Waals surface area contributed by atoms with Gasteiger partial charge in [-0.3, -0.25) is 10.1 Å². The van der Waals surface area contributed by atoms with Crippen LogP contribution in [0.3, 0.4) is 0 Å². The van der Waals surface area contributed by atoms with Crippen LogP contribution in [0, 0.1) is 0 Å². The van der Waals surface area contributed by atoms with Gasteiger partial charge in [0.05, 0.1) is 5.56 Å². The smallest absolute Gasteiger partial charge is 0.416 e. The highest BCUT2D eigenvalue weighted by Gasteiger charge is 2.30. The lowest BCUT2D eigenvalue weighted by Gasteiger charge is -2.05. The van der Waals surface area contributed by atoms with E-state index in [0.29, 0.717) is 11.0 Å². The third-order valence-corrected chi connectivity index (χ3v) is 3.99. The molecule has 0 spiro atoms. The van der Waals surface area contributed by atoms with Gasteiger partial charge in [-0.2, -0.15) is 13.2 Å². The van der Waals surface area contributed by atoms with Crippen LogP contribution < -0.4 is 10.9 Å². The van der Waals surface area contributed by atoms with Gasteiger partial charge in [0, 0.05) is 10.9 Å². The van der Waals surface area contributed by atoms with Gasteiger partial charge in [-0.15, -0.1) is 5.10 Å². The summed E-state index contributed by atoms with van der Waals surface area (Å²) >= 11 is 0. The van der Waals surface area contributed by atoms with E-state index in [0.717, 1.165) is 12.1 Å². The van der Waals surface area contributed by atoms with E-state index in [1.165, 1.54) is 18.2 Å². The summed E-state index contributed by atoms with van der Waals surface area (Å²) in [5, 5.41) is 10.1. The number of amides is 1. The summed E-state index contributed by atoms with van der Waals surface area (Å²) in [4.78, 5) is 24.4. The summed E-state index contributed by atoms with van der Waals surface area (Å²) in [6.07, 6.45) is -4.46. The Labute approximate surface area is 159 Å². The Morgan fingerprint density at radius 3 is 2.41 bits per heavy atom. The lowest BCUT2D eigenvalue weighted by Crippen LogP contribution is -2.20. The van der Waals surface area contributed by atoms with E-state index in [1.807, 2.05) is 0 Å². The van der Waals surface area contributed by atoms with E-state index in [-0.39, 0.29) is 23.0 Å². The Bertz CT molecular complexity index is 1260. The van der Waals surface area contributed by atoms with Crippen LogP contribution in [0.1, 0.15) is 15.9 Å².